The number of aliphatic carboxylic acids is 1. The van der Waals surface area contributed by atoms with E-state index in [1.807, 2.05) is 0 Å². The van der Waals surface area contributed by atoms with E-state index in [-0.39, 0.29) is 6.03 Å². The van der Waals surface area contributed by atoms with Crippen LogP contribution in [0.3, 0.4) is 0 Å². The van der Waals surface area contributed by atoms with E-state index in [1.165, 1.54) is 17.7 Å². The first-order valence-corrected chi connectivity index (χ1v) is 7.07. The molecular weight excluding hydrogens is 248 g/mol. The summed E-state index contributed by atoms with van der Waals surface area (Å²) in [5.74, 6) is -0.921. The van der Waals surface area contributed by atoms with E-state index in [1.54, 1.807) is 0 Å². The molecular formula is C13H22N2O4. The monoisotopic (exact) mass is 270 g/mol. The van der Waals surface area contributed by atoms with Crippen molar-refractivity contribution in [3.05, 3.63) is 0 Å². The van der Waals surface area contributed by atoms with Crippen LogP contribution in [0.1, 0.15) is 38.5 Å². The van der Waals surface area contributed by atoms with Gasteiger partial charge in [0.15, 0.2) is 0 Å². The van der Waals surface area contributed by atoms with E-state index < -0.39 is 12.0 Å². The lowest BCUT2D eigenvalue weighted by Gasteiger charge is -2.22. The zero-order valence-electron chi connectivity index (χ0n) is 11.1. The number of amides is 2. The third-order valence-corrected chi connectivity index (χ3v) is 3.83. The van der Waals surface area contributed by atoms with Crippen molar-refractivity contribution in [3.63, 3.8) is 0 Å². The van der Waals surface area contributed by atoms with Gasteiger partial charge in [0.1, 0.15) is 6.04 Å². The Balaban J connectivity index is 1.64. The van der Waals surface area contributed by atoms with Crippen LogP contribution in [0.25, 0.3) is 0 Å². The first-order valence-electron chi connectivity index (χ1n) is 7.07. The number of nitrogens with zero attached hydrogens (tertiary/aromatic N) is 1. The summed E-state index contributed by atoms with van der Waals surface area (Å²) in [6.45, 7) is 1.46. The van der Waals surface area contributed by atoms with Crippen molar-refractivity contribution in [1.29, 1.82) is 0 Å². The molecule has 0 unspecified atom stereocenters. The van der Waals surface area contributed by atoms with Crippen LogP contribution in [0.15, 0.2) is 0 Å². The number of rotatable bonds is 5. The van der Waals surface area contributed by atoms with Crippen LogP contribution in [-0.2, 0) is 9.53 Å². The van der Waals surface area contributed by atoms with Gasteiger partial charge in [-0.3, -0.25) is 0 Å². The highest BCUT2D eigenvalue weighted by Gasteiger charge is 2.33. The minimum absolute atomic E-state index is 0.292. The fraction of sp³-hybridized carbons (Fsp3) is 0.846. The molecule has 108 valence electrons. The molecule has 2 N–H and O–H groups in total. The predicted molar refractivity (Wildman–Crippen MR) is 69.0 cm³/mol. The number of hydrogen-bond donors (Lipinski definition) is 2. The SMILES string of the molecule is O=C(O)[C@@H]1CCCN1C(=O)NCCOC1CCCC1. The van der Waals surface area contributed by atoms with Crippen molar-refractivity contribution in [2.45, 2.75) is 50.7 Å². The number of hydrogen-bond acceptors (Lipinski definition) is 3. The highest BCUT2D eigenvalue weighted by Crippen LogP contribution is 2.20. The minimum Gasteiger partial charge on any atom is -0.480 e. The molecule has 0 aromatic carbocycles. The van der Waals surface area contributed by atoms with Crippen LogP contribution in [0.4, 0.5) is 4.79 Å². The van der Waals surface area contributed by atoms with Crippen molar-refractivity contribution < 1.29 is 19.4 Å². The smallest absolute Gasteiger partial charge is 0.326 e. The molecule has 2 fully saturated rings. The van der Waals surface area contributed by atoms with Gasteiger partial charge in [-0.2, -0.15) is 0 Å². The summed E-state index contributed by atoms with van der Waals surface area (Å²) in [5.41, 5.74) is 0. The molecule has 0 radical (unpaired) electrons. The first-order chi connectivity index (χ1) is 9.18. The van der Waals surface area contributed by atoms with Gasteiger partial charge in [0, 0.05) is 13.1 Å². The number of ether oxygens (including phenoxy) is 1. The number of urea groups is 1. The number of likely N-dealkylation sites (tertiary alicyclic amines) is 1. The Kier molecular flexibility index (Phi) is 5.01. The predicted octanol–water partition coefficient (Wildman–Crippen LogP) is 1.20. The van der Waals surface area contributed by atoms with Crippen molar-refractivity contribution >= 4 is 12.0 Å². The summed E-state index contributed by atoms with van der Waals surface area (Å²) in [7, 11) is 0. The van der Waals surface area contributed by atoms with E-state index in [2.05, 4.69) is 5.32 Å². The van der Waals surface area contributed by atoms with Gasteiger partial charge < -0.3 is 20.1 Å². The maximum absolute atomic E-state index is 11.9. The molecule has 0 aromatic heterocycles. The second-order valence-corrected chi connectivity index (χ2v) is 5.20. The second kappa shape index (κ2) is 6.75. The zero-order valence-corrected chi connectivity index (χ0v) is 11.1. The van der Waals surface area contributed by atoms with Crippen LogP contribution < -0.4 is 5.32 Å². The van der Waals surface area contributed by atoms with Gasteiger partial charge in [-0.15, -0.1) is 0 Å². The fourth-order valence-electron chi connectivity index (χ4n) is 2.81. The van der Waals surface area contributed by atoms with Gasteiger partial charge in [0.25, 0.3) is 0 Å². The largest absolute Gasteiger partial charge is 0.480 e. The van der Waals surface area contributed by atoms with Crippen LogP contribution in [0, 0.1) is 0 Å². The highest BCUT2D eigenvalue weighted by atomic mass is 16.5. The van der Waals surface area contributed by atoms with E-state index >= 15 is 0 Å². The molecule has 1 heterocycles. The average Bonchev–Trinajstić information content (AvgIpc) is 3.04. The normalized spacial score (nSPS) is 23.8. The van der Waals surface area contributed by atoms with Gasteiger partial charge in [0.05, 0.1) is 12.7 Å². The zero-order chi connectivity index (χ0) is 13.7. The van der Waals surface area contributed by atoms with E-state index in [0.29, 0.717) is 32.2 Å². The van der Waals surface area contributed by atoms with Crippen molar-refractivity contribution in [1.82, 2.24) is 10.2 Å². The first kappa shape index (κ1) is 14.1. The molecule has 2 aliphatic rings. The van der Waals surface area contributed by atoms with Gasteiger partial charge >= 0.3 is 12.0 Å². The molecule has 1 aliphatic carbocycles. The van der Waals surface area contributed by atoms with E-state index in [0.717, 1.165) is 19.3 Å². The fourth-order valence-corrected chi connectivity index (χ4v) is 2.81. The van der Waals surface area contributed by atoms with E-state index in [9.17, 15) is 9.59 Å². The van der Waals surface area contributed by atoms with Crippen LogP contribution in [-0.4, -0.2) is 53.8 Å². The number of carboxylic acid groups (broad SMARTS) is 1. The number of carbonyl (C=O) groups is 2. The van der Waals surface area contributed by atoms with Gasteiger partial charge in [-0.05, 0) is 25.7 Å². The van der Waals surface area contributed by atoms with Crippen molar-refractivity contribution in [2.75, 3.05) is 19.7 Å². The number of carboxylic acids is 1. The lowest BCUT2D eigenvalue weighted by atomic mass is 10.2. The molecule has 6 heteroatoms. The lowest BCUT2D eigenvalue weighted by molar-refractivity contribution is -0.141. The van der Waals surface area contributed by atoms with Crippen LogP contribution in [0.2, 0.25) is 0 Å². The summed E-state index contributed by atoms with van der Waals surface area (Å²) < 4.78 is 5.64. The number of carbonyl (C=O) groups excluding carboxylic acids is 1. The Bertz CT molecular complexity index is 329. The Hall–Kier alpha value is -1.30. The quantitative estimate of drug-likeness (QED) is 0.736. The van der Waals surface area contributed by atoms with Gasteiger partial charge in [0.2, 0.25) is 0 Å². The molecule has 0 spiro atoms. The number of nitrogens with one attached hydrogen (secondary N) is 1. The molecule has 6 nitrogen and oxygen atoms in total. The summed E-state index contributed by atoms with van der Waals surface area (Å²) in [5, 5.41) is 11.7. The summed E-state index contributed by atoms with van der Waals surface area (Å²) in [6, 6.07) is -0.962. The molecule has 1 atom stereocenters. The molecule has 0 aromatic rings. The van der Waals surface area contributed by atoms with Crippen molar-refractivity contribution in [3.8, 4) is 0 Å². The maximum atomic E-state index is 11.9. The average molecular weight is 270 g/mol. The molecule has 2 amide bonds. The Morgan fingerprint density at radius 1 is 1.21 bits per heavy atom. The topological polar surface area (TPSA) is 78.9 Å². The molecule has 2 rings (SSSR count). The van der Waals surface area contributed by atoms with Crippen LogP contribution >= 0.6 is 0 Å². The van der Waals surface area contributed by atoms with Gasteiger partial charge in [-0.1, -0.05) is 12.8 Å². The third kappa shape index (κ3) is 3.83. The summed E-state index contributed by atoms with van der Waals surface area (Å²) >= 11 is 0. The molecule has 1 aliphatic heterocycles. The molecule has 0 bridgehead atoms. The lowest BCUT2D eigenvalue weighted by Crippen LogP contribution is -2.46. The molecule has 19 heavy (non-hydrogen) atoms. The maximum Gasteiger partial charge on any atom is 0.326 e. The standard InChI is InChI=1S/C13H22N2O4/c16-12(17)11-6-3-8-15(11)13(18)14-7-9-19-10-4-1-2-5-10/h10-11H,1-9H2,(H,14,18)(H,16,17)/t11-/m0/s1. The Morgan fingerprint density at radius 3 is 2.63 bits per heavy atom. The molecule has 1 saturated carbocycles. The summed E-state index contributed by atoms with van der Waals surface area (Å²) in [4.78, 5) is 24.2. The third-order valence-electron chi connectivity index (χ3n) is 3.83. The van der Waals surface area contributed by atoms with Crippen LogP contribution in [0.5, 0.6) is 0 Å². The summed E-state index contributed by atoms with van der Waals surface area (Å²) in [6.07, 6.45) is 6.32. The van der Waals surface area contributed by atoms with Gasteiger partial charge in [-0.25, -0.2) is 9.59 Å². The highest BCUT2D eigenvalue weighted by molar-refractivity contribution is 5.83. The van der Waals surface area contributed by atoms with E-state index in [4.69, 9.17) is 9.84 Å². The minimum atomic E-state index is -0.921. The second-order valence-electron chi connectivity index (χ2n) is 5.20. The van der Waals surface area contributed by atoms with Crippen molar-refractivity contribution in [2.24, 2.45) is 0 Å². The molecule has 1 saturated heterocycles. The Morgan fingerprint density at radius 2 is 1.95 bits per heavy atom. The Labute approximate surface area is 113 Å².